The zero-order valence-electron chi connectivity index (χ0n) is 11.0. The predicted octanol–water partition coefficient (Wildman–Crippen LogP) is 2.13. The second-order valence-corrected chi connectivity index (χ2v) is 5.05. The summed E-state index contributed by atoms with van der Waals surface area (Å²) in [6.07, 6.45) is 6.12. The normalized spacial score (nSPS) is 10.6. The first-order valence-corrected chi connectivity index (χ1v) is 7.36. The Kier molecular flexibility index (Phi) is 4.27. The van der Waals surface area contributed by atoms with Gasteiger partial charge in [0.2, 0.25) is 0 Å². The fourth-order valence-corrected chi connectivity index (χ4v) is 2.34. The Morgan fingerprint density at radius 2 is 1.95 bits per heavy atom. The van der Waals surface area contributed by atoms with Gasteiger partial charge in [0.1, 0.15) is 0 Å². The van der Waals surface area contributed by atoms with Gasteiger partial charge in [-0.25, -0.2) is 0 Å². The molecule has 4 nitrogen and oxygen atoms in total. The maximum atomic E-state index is 12.1. The first-order chi connectivity index (χ1) is 9.17. The van der Waals surface area contributed by atoms with Crippen molar-refractivity contribution in [2.24, 2.45) is 0 Å². The minimum Gasteiger partial charge on any atom is -0.309 e. The SMILES string of the molecule is CCCn1ccn(-c2cccc(SC)c2)c(=O)c1=O. The summed E-state index contributed by atoms with van der Waals surface area (Å²) in [4.78, 5) is 25.1. The van der Waals surface area contributed by atoms with Gasteiger partial charge in [-0.2, -0.15) is 0 Å². The molecule has 0 saturated heterocycles. The van der Waals surface area contributed by atoms with E-state index in [9.17, 15) is 9.59 Å². The van der Waals surface area contributed by atoms with Crippen LogP contribution in [0.25, 0.3) is 5.69 Å². The molecule has 0 radical (unpaired) electrons. The second kappa shape index (κ2) is 5.93. The molecule has 1 heterocycles. The molecule has 0 fully saturated rings. The van der Waals surface area contributed by atoms with Crippen molar-refractivity contribution in [3.8, 4) is 5.69 Å². The molecule has 0 aliphatic rings. The molecule has 0 aliphatic heterocycles. The molecule has 100 valence electrons. The lowest BCUT2D eigenvalue weighted by Crippen LogP contribution is -2.39. The number of hydrogen-bond donors (Lipinski definition) is 0. The highest BCUT2D eigenvalue weighted by Gasteiger charge is 2.06. The van der Waals surface area contributed by atoms with Crippen molar-refractivity contribution in [3.63, 3.8) is 0 Å². The van der Waals surface area contributed by atoms with E-state index in [-0.39, 0.29) is 0 Å². The number of nitrogens with zero attached hydrogens (tertiary/aromatic N) is 2. The number of hydrogen-bond acceptors (Lipinski definition) is 3. The van der Waals surface area contributed by atoms with Crippen molar-refractivity contribution >= 4 is 11.8 Å². The largest absolute Gasteiger partial charge is 0.320 e. The average Bonchev–Trinajstić information content (AvgIpc) is 2.44. The molecule has 0 saturated carbocycles. The number of rotatable bonds is 4. The van der Waals surface area contributed by atoms with Crippen LogP contribution in [-0.2, 0) is 6.54 Å². The summed E-state index contributed by atoms with van der Waals surface area (Å²) in [6.45, 7) is 2.54. The predicted molar refractivity (Wildman–Crippen MR) is 78.4 cm³/mol. The van der Waals surface area contributed by atoms with Gasteiger partial charge >= 0.3 is 11.1 Å². The molecule has 1 aromatic carbocycles. The van der Waals surface area contributed by atoms with Crippen LogP contribution in [0.3, 0.4) is 0 Å². The van der Waals surface area contributed by atoms with Crippen molar-refractivity contribution < 1.29 is 0 Å². The fourth-order valence-electron chi connectivity index (χ4n) is 1.89. The minimum absolute atomic E-state index is 0.473. The van der Waals surface area contributed by atoms with Gasteiger partial charge in [0, 0.05) is 29.5 Å². The molecule has 0 N–H and O–H groups in total. The van der Waals surface area contributed by atoms with Gasteiger partial charge in [0.15, 0.2) is 0 Å². The van der Waals surface area contributed by atoms with Gasteiger partial charge in [-0.3, -0.25) is 14.2 Å². The minimum atomic E-state index is -0.505. The van der Waals surface area contributed by atoms with Crippen molar-refractivity contribution in [3.05, 3.63) is 57.4 Å². The topological polar surface area (TPSA) is 44.0 Å². The lowest BCUT2D eigenvalue weighted by molar-refractivity contribution is 0.633. The highest BCUT2D eigenvalue weighted by Crippen LogP contribution is 2.17. The molecule has 19 heavy (non-hydrogen) atoms. The van der Waals surface area contributed by atoms with Crippen molar-refractivity contribution in [2.75, 3.05) is 6.26 Å². The van der Waals surface area contributed by atoms with Crippen LogP contribution in [0, 0.1) is 0 Å². The Hall–Kier alpha value is -1.75. The van der Waals surface area contributed by atoms with Crippen molar-refractivity contribution in [1.82, 2.24) is 9.13 Å². The average molecular weight is 276 g/mol. The maximum Gasteiger partial charge on any atom is 0.320 e. The van der Waals surface area contributed by atoms with E-state index in [1.807, 2.05) is 37.4 Å². The van der Waals surface area contributed by atoms with Crippen LogP contribution in [0.1, 0.15) is 13.3 Å². The van der Waals surface area contributed by atoms with Crippen molar-refractivity contribution in [1.29, 1.82) is 0 Å². The number of benzene rings is 1. The molecule has 0 atom stereocenters. The second-order valence-electron chi connectivity index (χ2n) is 4.17. The molecule has 0 amide bonds. The zero-order chi connectivity index (χ0) is 13.8. The first-order valence-electron chi connectivity index (χ1n) is 6.14. The molecular formula is C14H16N2O2S. The van der Waals surface area contributed by atoms with E-state index in [4.69, 9.17) is 0 Å². The summed E-state index contributed by atoms with van der Waals surface area (Å²) >= 11 is 1.60. The Bertz CT molecular complexity index is 688. The van der Waals surface area contributed by atoms with Gasteiger partial charge in [0.25, 0.3) is 0 Å². The fraction of sp³-hybridized carbons (Fsp3) is 0.286. The molecule has 5 heteroatoms. The molecule has 0 bridgehead atoms. The number of aromatic nitrogens is 2. The Labute approximate surface area is 115 Å². The van der Waals surface area contributed by atoms with E-state index in [1.165, 1.54) is 9.13 Å². The molecule has 1 aromatic heterocycles. The molecule has 0 spiro atoms. The maximum absolute atomic E-state index is 12.1. The summed E-state index contributed by atoms with van der Waals surface area (Å²) in [5.74, 6) is 0. The molecule has 2 rings (SSSR count). The van der Waals surface area contributed by atoms with Gasteiger partial charge in [-0.1, -0.05) is 13.0 Å². The highest BCUT2D eigenvalue weighted by atomic mass is 32.2. The van der Waals surface area contributed by atoms with Gasteiger partial charge in [-0.15, -0.1) is 11.8 Å². The first kappa shape index (κ1) is 13.7. The monoisotopic (exact) mass is 276 g/mol. The Morgan fingerprint density at radius 3 is 2.63 bits per heavy atom. The number of thioether (sulfide) groups is 1. The van der Waals surface area contributed by atoms with Gasteiger partial charge in [-0.05, 0) is 30.9 Å². The third-order valence-electron chi connectivity index (χ3n) is 2.85. The summed E-state index contributed by atoms with van der Waals surface area (Å²) in [7, 11) is 0. The van der Waals surface area contributed by atoms with E-state index < -0.39 is 11.1 Å². The Morgan fingerprint density at radius 1 is 1.16 bits per heavy atom. The van der Waals surface area contributed by atoms with E-state index in [1.54, 1.807) is 24.2 Å². The van der Waals surface area contributed by atoms with E-state index in [0.717, 1.165) is 17.0 Å². The third kappa shape index (κ3) is 2.81. The van der Waals surface area contributed by atoms with Gasteiger partial charge in [0.05, 0.1) is 0 Å². The van der Waals surface area contributed by atoms with Crippen LogP contribution in [-0.4, -0.2) is 15.4 Å². The van der Waals surface area contributed by atoms with Gasteiger partial charge < -0.3 is 4.57 Å². The van der Waals surface area contributed by atoms with Crippen LogP contribution >= 0.6 is 11.8 Å². The number of aryl methyl sites for hydroxylation is 1. The van der Waals surface area contributed by atoms with Crippen LogP contribution in [0.5, 0.6) is 0 Å². The summed E-state index contributed by atoms with van der Waals surface area (Å²) in [5, 5.41) is 0. The summed E-state index contributed by atoms with van der Waals surface area (Å²) in [5.41, 5.74) is -0.259. The lowest BCUT2D eigenvalue weighted by atomic mass is 10.3. The van der Waals surface area contributed by atoms with Crippen molar-refractivity contribution in [2.45, 2.75) is 24.8 Å². The van der Waals surface area contributed by atoms with E-state index in [0.29, 0.717) is 6.54 Å². The zero-order valence-corrected chi connectivity index (χ0v) is 11.8. The molecule has 2 aromatic rings. The lowest BCUT2D eigenvalue weighted by Gasteiger charge is -2.09. The standard InChI is InChI=1S/C14H16N2O2S/c1-3-7-15-8-9-16(14(18)13(15)17)11-5-4-6-12(10-11)19-2/h4-6,8-10H,3,7H2,1-2H3. The Balaban J connectivity index is 2.54. The quantitative estimate of drug-likeness (QED) is 0.635. The van der Waals surface area contributed by atoms with Crippen LogP contribution < -0.4 is 11.1 Å². The van der Waals surface area contributed by atoms with Crippen LogP contribution in [0.15, 0.2) is 51.1 Å². The van der Waals surface area contributed by atoms with E-state index >= 15 is 0 Å². The van der Waals surface area contributed by atoms with E-state index in [2.05, 4.69) is 0 Å². The summed E-state index contributed by atoms with van der Waals surface area (Å²) < 4.78 is 2.85. The molecular weight excluding hydrogens is 260 g/mol. The smallest absolute Gasteiger partial charge is 0.309 e. The third-order valence-corrected chi connectivity index (χ3v) is 3.58. The van der Waals surface area contributed by atoms with Crippen LogP contribution in [0.4, 0.5) is 0 Å². The van der Waals surface area contributed by atoms with Crippen LogP contribution in [0.2, 0.25) is 0 Å². The molecule has 0 unspecified atom stereocenters. The molecule has 0 aliphatic carbocycles. The highest BCUT2D eigenvalue weighted by molar-refractivity contribution is 7.98. The summed E-state index contributed by atoms with van der Waals surface area (Å²) in [6, 6.07) is 7.57.